The summed E-state index contributed by atoms with van der Waals surface area (Å²) in [5, 5.41) is 0. The van der Waals surface area contributed by atoms with Crippen LogP contribution in [0.5, 0.6) is 0 Å². The molecule has 17 heavy (non-hydrogen) atoms. The molecule has 0 aromatic heterocycles. The van der Waals surface area contributed by atoms with E-state index in [4.69, 9.17) is 5.73 Å². The highest BCUT2D eigenvalue weighted by atomic mass is 79.9. The molecule has 1 fully saturated rings. The number of anilines is 1. The third-order valence-corrected chi connectivity index (χ3v) is 4.74. The zero-order chi connectivity index (χ0) is 12.3. The Morgan fingerprint density at radius 2 is 2.18 bits per heavy atom. The number of rotatable bonds is 2. The van der Waals surface area contributed by atoms with Crippen molar-refractivity contribution in [2.24, 2.45) is 5.73 Å². The van der Waals surface area contributed by atoms with Gasteiger partial charge >= 0.3 is 0 Å². The molecule has 1 heterocycles. The molecule has 0 spiro atoms. The molecule has 1 aliphatic rings. The molecule has 1 aromatic rings. The number of hydrogen-bond acceptors (Lipinski definition) is 3. The minimum Gasteiger partial charge on any atom is -0.370 e. The Balaban J connectivity index is 2.19. The SMILES string of the molecule is CC(N)c1ccc(N2CCCSCC2)c(Br)c1. The van der Waals surface area contributed by atoms with Gasteiger partial charge in [-0.05, 0) is 52.7 Å². The van der Waals surface area contributed by atoms with Crippen molar-refractivity contribution in [2.45, 2.75) is 19.4 Å². The van der Waals surface area contributed by atoms with Crippen molar-refractivity contribution in [3.05, 3.63) is 28.2 Å². The van der Waals surface area contributed by atoms with E-state index < -0.39 is 0 Å². The Kier molecular flexibility index (Phi) is 4.77. The van der Waals surface area contributed by atoms with Crippen molar-refractivity contribution in [3.63, 3.8) is 0 Å². The predicted molar refractivity (Wildman–Crippen MR) is 80.9 cm³/mol. The van der Waals surface area contributed by atoms with Crippen molar-refractivity contribution < 1.29 is 0 Å². The van der Waals surface area contributed by atoms with Crippen LogP contribution in [0.4, 0.5) is 5.69 Å². The van der Waals surface area contributed by atoms with Crippen molar-refractivity contribution in [1.29, 1.82) is 0 Å². The van der Waals surface area contributed by atoms with Crippen molar-refractivity contribution >= 4 is 33.4 Å². The number of nitrogens with zero attached hydrogens (tertiary/aromatic N) is 1. The van der Waals surface area contributed by atoms with E-state index in [2.05, 4.69) is 50.8 Å². The van der Waals surface area contributed by atoms with Gasteiger partial charge in [0.05, 0.1) is 5.69 Å². The van der Waals surface area contributed by atoms with E-state index in [1.54, 1.807) is 0 Å². The normalized spacial score (nSPS) is 18.9. The van der Waals surface area contributed by atoms with Crippen molar-refractivity contribution in [3.8, 4) is 0 Å². The first-order valence-electron chi connectivity index (χ1n) is 6.06. The second-order valence-corrected chi connectivity index (χ2v) is 6.53. The summed E-state index contributed by atoms with van der Waals surface area (Å²) in [6.45, 7) is 4.31. The van der Waals surface area contributed by atoms with E-state index in [9.17, 15) is 0 Å². The van der Waals surface area contributed by atoms with Gasteiger partial charge in [0.15, 0.2) is 0 Å². The molecule has 1 atom stereocenters. The van der Waals surface area contributed by atoms with Gasteiger partial charge in [0.1, 0.15) is 0 Å². The van der Waals surface area contributed by atoms with Crippen LogP contribution in [0.15, 0.2) is 22.7 Å². The average molecular weight is 315 g/mol. The first-order chi connectivity index (χ1) is 8.18. The van der Waals surface area contributed by atoms with Crippen LogP contribution in [-0.2, 0) is 0 Å². The summed E-state index contributed by atoms with van der Waals surface area (Å²) in [4.78, 5) is 2.47. The van der Waals surface area contributed by atoms with Crippen molar-refractivity contribution in [2.75, 3.05) is 29.5 Å². The number of nitrogens with two attached hydrogens (primary N) is 1. The minimum absolute atomic E-state index is 0.0973. The summed E-state index contributed by atoms with van der Waals surface area (Å²) >= 11 is 5.72. The Morgan fingerprint density at radius 3 is 2.88 bits per heavy atom. The number of benzene rings is 1. The fourth-order valence-electron chi connectivity index (χ4n) is 2.05. The van der Waals surface area contributed by atoms with Gasteiger partial charge in [-0.2, -0.15) is 11.8 Å². The average Bonchev–Trinajstić information content (AvgIpc) is 2.57. The Bertz CT molecular complexity index is 374. The standard InChI is InChI=1S/C13H19BrN2S/c1-10(15)11-3-4-13(12(14)9-11)16-5-2-7-17-8-6-16/h3-4,9-10H,2,5-8,15H2,1H3. The lowest BCUT2D eigenvalue weighted by Gasteiger charge is -2.24. The lowest BCUT2D eigenvalue weighted by Crippen LogP contribution is -2.25. The molecule has 0 bridgehead atoms. The zero-order valence-corrected chi connectivity index (χ0v) is 12.6. The molecule has 0 amide bonds. The fraction of sp³-hybridized carbons (Fsp3) is 0.538. The molecule has 2 N–H and O–H groups in total. The summed E-state index contributed by atoms with van der Waals surface area (Å²) in [5.74, 6) is 2.51. The number of halogens is 1. The Morgan fingerprint density at radius 1 is 1.35 bits per heavy atom. The van der Waals surface area contributed by atoms with Crippen molar-refractivity contribution in [1.82, 2.24) is 0 Å². The highest BCUT2D eigenvalue weighted by Gasteiger charge is 2.13. The van der Waals surface area contributed by atoms with Crippen LogP contribution in [0.3, 0.4) is 0 Å². The van der Waals surface area contributed by atoms with Crippen LogP contribution in [-0.4, -0.2) is 24.6 Å². The lowest BCUT2D eigenvalue weighted by molar-refractivity contribution is 0.803. The topological polar surface area (TPSA) is 29.3 Å². The third kappa shape index (κ3) is 3.39. The first-order valence-corrected chi connectivity index (χ1v) is 8.01. The second-order valence-electron chi connectivity index (χ2n) is 4.45. The number of thioether (sulfide) groups is 1. The van der Waals surface area contributed by atoms with E-state index in [0.717, 1.165) is 13.1 Å². The molecule has 1 aromatic carbocycles. The highest BCUT2D eigenvalue weighted by molar-refractivity contribution is 9.10. The maximum Gasteiger partial charge on any atom is 0.0511 e. The van der Waals surface area contributed by atoms with E-state index in [0.29, 0.717) is 0 Å². The van der Waals surface area contributed by atoms with Gasteiger partial charge in [0, 0.05) is 29.4 Å². The van der Waals surface area contributed by atoms with Gasteiger partial charge < -0.3 is 10.6 Å². The van der Waals surface area contributed by atoms with Crippen LogP contribution in [0, 0.1) is 0 Å². The molecule has 1 saturated heterocycles. The maximum absolute atomic E-state index is 5.90. The van der Waals surface area contributed by atoms with Crippen LogP contribution >= 0.6 is 27.7 Å². The van der Waals surface area contributed by atoms with Gasteiger partial charge in [0.2, 0.25) is 0 Å². The zero-order valence-electron chi connectivity index (χ0n) is 10.2. The molecule has 1 aliphatic heterocycles. The minimum atomic E-state index is 0.0973. The molecular formula is C13H19BrN2S. The smallest absolute Gasteiger partial charge is 0.0511 e. The third-order valence-electron chi connectivity index (χ3n) is 3.06. The van der Waals surface area contributed by atoms with Gasteiger partial charge in [0.25, 0.3) is 0 Å². The van der Waals surface area contributed by atoms with E-state index in [1.165, 1.54) is 33.7 Å². The summed E-state index contributed by atoms with van der Waals surface area (Å²) in [5.41, 5.74) is 8.39. The van der Waals surface area contributed by atoms with Gasteiger partial charge in [-0.3, -0.25) is 0 Å². The molecule has 0 saturated carbocycles. The van der Waals surface area contributed by atoms with Crippen LogP contribution < -0.4 is 10.6 Å². The molecule has 2 nitrogen and oxygen atoms in total. The van der Waals surface area contributed by atoms with E-state index in [1.807, 2.05) is 6.92 Å². The molecule has 2 rings (SSSR count). The Hall–Kier alpha value is -0.190. The first kappa shape index (κ1) is 13.2. The molecule has 0 radical (unpaired) electrons. The molecule has 4 heteroatoms. The van der Waals surface area contributed by atoms with Crippen LogP contribution in [0.25, 0.3) is 0 Å². The molecular weight excluding hydrogens is 296 g/mol. The number of hydrogen-bond donors (Lipinski definition) is 1. The van der Waals surface area contributed by atoms with Crippen LogP contribution in [0.1, 0.15) is 24.9 Å². The monoisotopic (exact) mass is 314 g/mol. The summed E-state index contributed by atoms with van der Waals surface area (Å²) in [7, 11) is 0. The predicted octanol–water partition coefficient (Wildman–Crippen LogP) is 3.41. The van der Waals surface area contributed by atoms with Gasteiger partial charge in [-0.25, -0.2) is 0 Å². The quantitative estimate of drug-likeness (QED) is 0.907. The maximum atomic E-state index is 5.90. The van der Waals surface area contributed by atoms with E-state index >= 15 is 0 Å². The van der Waals surface area contributed by atoms with Gasteiger partial charge in [-0.15, -0.1) is 0 Å². The lowest BCUT2D eigenvalue weighted by atomic mass is 10.1. The summed E-state index contributed by atoms with van der Waals surface area (Å²) in [6, 6.07) is 6.58. The second kappa shape index (κ2) is 6.12. The van der Waals surface area contributed by atoms with E-state index in [-0.39, 0.29) is 6.04 Å². The molecule has 1 unspecified atom stereocenters. The fourth-order valence-corrected chi connectivity index (χ4v) is 3.58. The van der Waals surface area contributed by atoms with Gasteiger partial charge in [-0.1, -0.05) is 6.07 Å². The molecule has 0 aliphatic carbocycles. The molecule has 94 valence electrons. The largest absolute Gasteiger partial charge is 0.370 e. The van der Waals surface area contributed by atoms with Crippen LogP contribution in [0.2, 0.25) is 0 Å². The highest BCUT2D eigenvalue weighted by Crippen LogP contribution is 2.30. The summed E-state index contributed by atoms with van der Waals surface area (Å²) in [6.07, 6.45) is 1.27. The summed E-state index contributed by atoms with van der Waals surface area (Å²) < 4.78 is 1.17. The Labute approximate surface area is 116 Å².